The van der Waals surface area contributed by atoms with E-state index in [0.29, 0.717) is 6.04 Å². The van der Waals surface area contributed by atoms with Gasteiger partial charge in [0.15, 0.2) is 0 Å². The highest BCUT2D eigenvalue weighted by Gasteiger charge is 2.19. The molecule has 0 amide bonds. The molecule has 0 saturated carbocycles. The van der Waals surface area contributed by atoms with Crippen LogP contribution in [0.2, 0.25) is 0 Å². The van der Waals surface area contributed by atoms with E-state index in [1.54, 1.807) is 0 Å². The van der Waals surface area contributed by atoms with Crippen LogP contribution < -0.4 is 10.6 Å². The van der Waals surface area contributed by atoms with Crippen molar-refractivity contribution in [2.75, 3.05) is 19.6 Å². The summed E-state index contributed by atoms with van der Waals surface area (Å²) < 4.78 is 0. The highest BCUT2D eigenvalue weighted by atomic mass is 15.0. The van der Waals surface area contributed by atoms with E-state index in [1.807, 2.05) is 0 Å². The van der Waals surface area contributed by atoms with Gasteiger partial charge in [-0.25, -0.2) is 0 Å². The van der Waals surface area contributed by atoms with E-state index in [4.69, 9.17) is 0 Å². The molecule has 0 spiro atoms. The minimum atomic E-state index is 0.694. The Hall–Kier alpha value is -0.0800. The lowest BCUT2D eigenvalue weighted by molar-refractivity contribution is 0.408. The van der Waals surface area contributed by atoms with Crippen molar-refractivity contribution in [3.8, 4) is 0 Å². The van der Waals surface area contributed by atoms with Crippen LogP contribution in [0.3, 0.4) is 0 Å². The lowest BCUT2D eigenvalue weighted by atomic mass is 10.0. The van der Waals surface area contributed by atoms with E-state index in [-0.39, 0.29) is 0 Å². The average Bonchev–Trinajstić information content (AvgIpc) is 2.38. The van der Waals surface area contributed by atoms with Gasteiger partial charge in [0.25, 0.3) is 0 Å². The molecule has 0 aromatic rings. The van der Waals surface area contributed by atoms with E-state index >= 15 is 0 Å². The summed E-state index contributed by atoms with van der Waals surface area (Å²) in [5.41, 5.74) is 0. The summed E-state index contributed by atoms with van der Waals surface area (Å²) in [5, 5.41) is 6.82. The zero-order valence-corrected chi connectivity index (χ0v) is 6.98. The normalized spacial score (nSPS) is 28.8. The first-order valence-electron chi connectivity index (χ1n) is 4.28. The largest absolute Gasteiger partial charge is 0.316 e. The lowest BCUT2D eigenvalue weighted by Crippen LogP contribution is -2.34. The average molecular weight is 142 g/mol. The van der Waals surface area contributed by atoms with Crippen molar-refractivity contribution in [1.29, 1.82) is 0 Å². The summed E-state index contributed by atoms with van der Waals surface area (Å²) >= 11 is 0. The second-order valence-electron chi connectivity index (χ2n) is 3.10. The summed E-state index contributed by atoms with van der Waals surface area (Å²) in [4.78, 5) is 0. The van der Waals surface area contributed by atoms with Crippen LogP contribution in [-0.4, -0.2) is 25.7 Å². The Balaban J connectivity index is 2.18. The summed E-state index contributed by atoms with van der Waals surface area (Å²) in [7, 11) is 0. The van der Waals surface area contributed by atoms with Gasteiger partial charge in [-0.2, -0.15) is 0 Å². The highest BCUT2D eigenvalue weighted by molar-refractivity contribution is 4.79. The summed E-state index contributed by atoms with van der Waals surface area (Å²) in [6.07, 6.45) is 1.34. The first-order chi connectivity index (χ1) is 4.84. The van der Waals surface area contributed by atoms with Gasteiger partial charge in [-0.15, -0.1) is 0 Å². The minimum absolute atomic E-state index is 0.694. The van der Waals surface area contributed by atoms with Gasteiger partial charge in [0, 0.05) is 6.04 Å². The standard InChI is InChI=1S/C8H18N2/c1-3-10-7(2)8-4-5-9-6-8/h7-10H,3-6H2,1-2H3/t7-,8-/m0/s1. The molecular weight excluding hydrogens is 124 g/mol. The molecule has 1 aliphatic rings. The van der Waals surface area contributed by atoms with Crippen molar-refractivity contribution in [2.24, 2.45) is 5.92 Å². The molecule has 10 heavy (non-hydrogen) atoms. The molecule has 60 valence electrons. The van der Waals surface area contributed by atoms with Gasteiger partial charge >= 0.3 is 0 Å². The Kier molecular flexibility index (Phi) is 3.16. The first-order valence-corrected chi connectivity index (χ1v) is 4.28. The zero-order valence-electron chi connectivity index (χ0n) is 6.98. The van der Waals surface area contributed by atoms with Crippen molar-refractivity contribution in [1.82, 2.24) is 10.6 Å². The Labute approximate surface area is 63.4 Å². The fourth-order valence-corrected chi connectivity index (χ4v) is 1.59. The molecule has 1 saturated heterocycles. The van der Waals surface area contributed by atoms with Crippen molar-refractivity contribution in [3.05, 3.63) is 0 Å². The van der Waals surface area contributed by atoms with Gasteiger partial charge in [0.2, 0.25) is 0 Å². The van der Waals surface area contributed by atoms with E-state index < -0.39 is 0 Å². The molecule has 2 atom stereocenters. The fourth-order valence-electron chi connectivity index (χ4n) is 1.59. The zero-order chi connectivity index (χ0) is 7.40. The predicted molar refractivity (Wildman–Crippen MR) is 44.1 cm³/mol. The van der Waals surface area contributed by atoms with E-state index in [1.165, 1.54) is 19.5 Å². The van der Waals surface area contributed by atoms with Crippen molar-refractivity contribution >= 4 is 0 Å². The molecule has 1 fully saturated rings. The maximum Gasteiger partial charge on any atom is 0.00794 e. The molecule has 0 aromatic carbocycles. The van der Waals surface area contributed by atoms with E-state index in [2.05, 4.69) is 24.5 Å². The Morgan fingerprint density at radius 1 is 1.70 bits per heavy atom. The molecule has 1 aliphatic heterocycles. The molecular formula is C8H18N2. The SMILES string of the molecule is CCN[C@@H](C)[C@H]1CCNC1. The topological polar surface area (TPSA) is 24.1 Å². The molecule has 0 radical (unpaired) electrons. The van der Waals surface area contributed by atoms with Crippen LogP contribution >= 0.6 is 0 Å². The van der Waals surface area contributed by atoms with Gasteiger partial charge in [0.1, 0.15) is 0 Å². The minimum Gasteiger partial charge on any atom is -0.316 e. The van der Waals surface area contributed by atoms with Crippen LogP contribution in [0, 0.1) is 5.92 Å². The third kappa shape index (κ3) is 1.96. The van der Waals surface area contributed by atoms with Gasteiger partial charge in [-0.05, 0) is 38.9 Å². The number of rotatable bonds is 3. The molecule has 0 unspecified atom stereocenters. The molecule has 1 heterocycles. The second-order valence-corrected chi connectivity index (χ2v) is 3.10. The van der Waals surface area contributed by atoms with Crippen molar-refractivity contribution < 1.29 is 0 Å². The molecule has 0 bridgehead atoms. The fraction of sp³-hybridized carbons (Fsp3) is 1.00. The molecule has 2 N–H and O–H groups in total. The molecule has 0 aliphatic carbocycles. The van der Waals surface area contributed by atoms with Crippen LogP contribution in [-0.2, 0) is 0 Å². The van der Waals surface area contributed by atoms with Crippen LogP contribution in [0.1, 0.15) is 20.3 Å². The van der Waals surface area contributed by atoms with E-state index in [9.17, 15) is 0 Å². The lowest BCUT2D eigenvalue weighted by Gasteiger charge is -2.18. The summed E-state index contributed by atoms with van der Waals surface area (Å²) in [6, 6.07) is 0.694. The predicted octanol–water partition coefficient (Wildman–Crippen LogP) is 0.594. The number of hydrogen-bond acceptors (Lipinski definition) is 2. The Bertz CT molecular complexity index is 87.3. The van der Waals surface area contributed by atoms with Crippen LogP contribution in [0.15, 0.2) is 0 Å². The van der Waals surface area contributed by atoms with Gasteiger partial charge in [-0.1, -0.05) is 6.92 Å². The molecule has 2 heteroatoms. The highest BCUT2D eigenvalue weighted by Crippen LogP contribution is 2.11. The Morgan fingerprint density at radius 3 is 3.00 bits per heavy atom. The van der Waals surface area contributed by atoms with Gasteiger partial charge in [0.05, 0.1) is 0 Å². The number of nitrogens with one attached hydrogen (secondary N) is 2. The maximum absolute atomic E-state index is 3.45. The molecule has 0 aromatic heterocycles. The monoisotopic (exact) mass is 142 g/mol. The maximum atomic E-state index is 3.45. The number of hydrogen-bond donors (Lipinski definition) is 2. The third-order valence-electron chi connectivity index (χ3n) is 2.33. The van der Waals surface area contributed by atoms with Gasteiger partial charge < -0.3 is 10.6 Å². The summed E-state index contributed by atoms with van der Waals surface area (Å²) in [6.45, 7) is 7.95. The van der Waals surface area contributed by atoms with E-state index in [0.717, 1.165) is 12.5 Å². The second kappa shape index (κ2) is 3.94. The van der Waals surface area contributed by atoms with Crippen LogP contribution in [0.5, 0.6) is 0 Å². The first kappa shape index (κ1) is 8.02. The summed E-state index contributed by atoms with van der Waals surface area (Å²) in [5.74, 6) is 0.861. The quantitative estimate of drug-likeness (QED) is 0.603. The van der Waals surface area contributed by atoms with Crippen molar-refractivity contribution in [2.45, 2.75) is 26.3 Å². The van der Waals surface area contributed by atoms with Crippen LogP contribution in [0.25, 0.3) is 0 Å². The third-order valence-corrected chi connectivity index (χ3v) is 2.33. The van der Waals surface area contributed by atoms with Crippen molar-refractivity contribution in [3.63, 3.8) is 0 Å². The van der Waals surface area contributed by atoms with Gasteiger partial charge in [-0.3, -0.25) is 0 Å². The smallest absolute Gasteiger partial charge is 0.00794 e. The Morgan fingerprint density at radius 2 is 2.50 bits per heavy atom. The molecule has 1 rings (SSSR count). The molecule has 2 nitrogen and oxygen atoms in total. The van der Waals surface area contributed by atoms with Crippen LogP contribution in [0.4, 0.5) is 0 Å².